The maximum absolute atomic E-state index is 10.7. The molecule has 0 N–H and O–H groups in total. The highest BCUT2D eigenvalue weighted by Gasteiger charge is 2.19. The molecule has 0 aliphatic heterocycles. The second kappa shape index (κ2) is 11.8. The van der Waals surface area contributed by atoms with Crippen molar-refractivity contribution in [1.82, 2.24) is 13.7 Å². The molecular formula is C50H29N5. The standard InChI is InChI=1S/C50H29N5/c51-30-32-20-23-49-42(26-32)40-14-3-7-18-47(40)53(49)36-11-9-10-33(28-36)34-21-24-44(35(27-34)31-52)55-48-19-8-4-15-41(48)43-29-37(22-25-50(43)55)54-45-16-5-1-12-38(45)39-13-2-6-17-46(39)54/h1-29H. The van der Waals surface area contributed by atoms with E-state index in [9.17, 15) is 10.5 Å². The van der Waals surface area contributed by atoms with Crippen LogP contribution in [0.4, 0.5) is 0 Å². The lowest BCUT2D eigenvalue weighted by molar-refractivity contribution is 1.16. The lowest BCUT2D eigenvalue weighted by Gasteiger charge is -2.14. The van der Waals surface area contributed by atoms with Gasteiger partial charge in [-0.1, -0.05) is 91.0 Å². The van der Waals surface area contributed by atoms with Gasteiger partial charge in [0, 0.05) is 43.7 Å². The van der Waals surface area contributed by atoms with Crippen molar-refractivity contribution in [3.05, 3.63) is 187 Å². The molecule has 11 aromatic rings. The van der Waals surface area contributed by atoms with Crippen LogP contribution in [0.15, 0.2) is 176 Å². The van der Waals surface area contributed by atoms with Gasteiger partial charge in [-0.15, -0.1) is 0 Å². The number of hydrogen-bond acceptors (Lipinski definition) is 2. The number of aromatic nitrogens is 3. The minimum atomic E-state index is 0.595. The van der Waals surface area contributed by atoms with Crippen LogP contribution in [0.25, 0.3) is 93.6 Å². The van der Waals surface area contributed by atoms with E-state index in [2.05, 4.69) is 165 Å². The SMILES string of the molecule is N#Cc1ccc2c(c1)c1ccccc1n2-c1cccc(-c2ccc(-n3c4ccccc4c4cc(-n5c6ccccc6c6ccccc65)ccc43)c(C#N)c2)c1. The summed E-state index contributed by atoms with van der Waals surface area (Å²) in [7, 11) is 0. The Hall–Kier alpha value is -7.86. The molecule has 0 spiro atoms. The van der Waals surface area contributed by atoms with Crippen LogP contribution in [0.2, 0.25) is 0 Å². The number of nitrogens with zero attached hydrogens (tertiary/aromatic N) is 5. The van der Waals surface area contributed by atoms with Crippen LogP contribution in [0, 0.1) is 22.7 Å². The van der Waals surface area contributed by atoms with Gasteiger partial charge in [0.1, 0.15) is 6.07 Å². The second-order valence-corrected chi connectivity index (χ2v) is 14.0. The largest absolute Gasteiger partial charge is 0.309 e. The maximum atomic E-state index is 10.7. The summed E-state index contributed by atoms with van der Waals surface area (Å²) in [6.45, 7) is 0. The Morgan fingerprint density at radius 1 is 0.327 bits per heavy atom. The molecule has 0 radical (unpaired) electrons. The molecule has 0 unspecified atom stereocenters. The van der Waals surface area contributed by atoms with Gasteiger partial charge in [0.05, 0.1) is 56.0 Å². The molecule has 5 heteroatoms. The van der Waals surface area contributed by atoms with E-state index in [0.29, 0.717) is 11.1 Å². The van der Waals surface area contributed by atoms with Crippen LogP contribution < -0.4 is 0 Å². The van der Waals surface area contributed by atoms with Crippen molar-refractivity contribution in [2.24, 2.45) is 0 Å². The van der Waals surface area contributed by atoms with Crippen molar-refractivity contribution >= 4 is 65.4 Å². The molecule has 5 nitrogen and oxygen atoms in total. The molecule has 0 aliphatic carbocycles. The zero-order chi connectivity index (χ0) is 36.6. The number of nitriles is 2. The highest BCUT2D eigenvalue weighted by atomic mass is 15.0. The summed E-state index contributed by atoms with van der Waals surface area (Å²) >= 11 is 0. The van der Waals surface area contributed by atoms with Gasteiger partial charge in [-0.25, -0.2) is 0 Å². The third-order valence-corrected chi connectivity index (χ3v) is 11.1. The number of benzene rings is 8. The molecule has 0 fully saturated rings. The molecular weight excluding hydrogens is 671 g/mol. The van der Waals surface area contributed by atoms with Crippen LogP contribution in [-0.2, 0) is 0 Å². The Labute approximate surface area is 316 Å². The summed E-state index contributed by atoms with van der Waals surface area (Å²) in [6.07, 6.45) is 0. The summed E-state index contributed by atoms with van der Waals surface area (Å²) in [4.78, 5) is 0. The van der Waals surface area contributed by atoms with Crippen LogP contribution in [0.3, 0.4) is 0 Å². The van der Waals surface area contributed by atoms with Crippen molar-refractivity contribution in [3.63, 3.8) is 0 Å². The lowest BCUT2D eigenvalue weighted by atomic mass is 10.0. The Kier molecular flexibility index (Phi) is 6.61. The van der Waals surface area contributed by atoms with Gasteiger partial charge in [-0.2, -0.15) is 10.5 Å². The van der Waals surface area contributed by atoms with Crippen LogP contribution in [0.5, 0.6) is 0 Å². The maximum Gasteiger partial charge on any atom is 0.101 e. The van der Waals surface area contributed by atoms with E-state index in [4.69, 9.17) is 0 Å². The van der Waals surface area contributed by atoms with Gasteiger partial charge in [0.2, 0.25) is 0 Å². The van der Waals surface area contributed by atoms with Crippen molar-refractivity contribution in [1.29, 1.82) is 10.5 Å². The number of fused-ring (bicyclic) bond motifs is 9. The Morgan fingerprint density at radius 3 is 1.44 bits per heavy atom. The molecule has 0 bridgehead atoms. The van der Waals surface area contributed by atoms with Crippen molar-refractivity contribution in [3.8, 4) is 40.3 Å². The zero-order valence-electron chi connectivity index (χ0n) is 29.5. The summed E-state index contributed by atoms with van der Waals surface area (Å²) in [6, 6.07) is 66.0. The Bertz CT molecular complexity index is 3420. The highest BCUT2D eigenvalue weighted by Crippen LogP contribution is 2.39. The van der Waals surface area contributed by atoms with E-state index in [1.807, 2.05) is 36.4 Å². The molecule has 0 saturated heterocycles. The van der Waals surface area contributed by atoms with E-state index in [1.165, 1.54) is 21.8 Å². The Morgan fingerprint density at radius 2 is 0.818 bits per heavy atom. The van der Waals surface area contributed by atoms with Gasteiger partial charge in [0.25, 0.3) is 0 Å². The van der Waals surface area contributed by atoms with Gasteiger partial charge >= 0.3 is 0 Å². The van der Waals surface area contributed by atoms with Gasteiger partial charge in [-0.05, 0) is 96.1 Å². The lowest BCUT2D eigenvalue weighted by Crippen LogP contribution is -1.99. The molecule has 254 valence electrons. The molecule has 3 heterocycles. The third-order valence-electron chi connectivity index (χ3n) is 11.1. The summed E-state index contributed by atoms with van der Waals surface area (Å²) in [5.41, 5.74) is 12.7. The predicted molar refractivity (Wildman–Crippen MR) is 224 cm³/mol. The van der Waals surface area contributed by atoms with Crippen LogP contribution >= 0.6 is 0 Å². The first kappa shape index (κ1) is 30.7. The monoisotopic (exact) mass is 699 g/mol. The first-order chi connectivity index (χ1) is 27.2. The quantitative estimate of drug-likeness (QED) is 0.184. The van der Waals surface area contributed by atoms with Gasteiger partial charge in [-0.3, -0.25) is 0 Å². The molecule has 8 aromatic carbocycles. The normalized spacial score (nSPS) is 11.6. The van der Waals surface area contributed by atoms with E-state index >= 15 is 0 Å². The number of hydrogen-bond donors (Lipinski definition) is 0. The third kappa shape index (κ3) is 4.51. The number of rotatable bonds is 4. The fourth-order valence-corrected chi connectivity index (χ4v) is 8.71. The predicted octanol–water partition coefficient (Wildman–Crippen LogP) is 12.4. The second-order valence-electron chi connectivity index (χ2n) is 14.0. The van der Waals surface area contributed by atoms with E-state index < -0.39 is 0 Å². The van der Waals surface area contributed by atoms with Gasteiger partial charge in [0.15, 0.2) is 0 Å². The molecule has 11 rings (SSSR count). The zero-order valence-corrected chi connectivity index (χ0v) is 29.5. The molecule has 0 amide bonds. The number of para-hydroxylation sites is 4. The summed E-state index contributed by atoms with van der Waals surface area (Å²) in [5.74, 6) is 0. The molecule has 0 aliphatic rings. The smallest absolute Gasteiger partial charge is 0.101 e. The first-order valence-electron chi connectivity index (χ1n) is 18.3. The molecule has 0 saturated carbocycles. The average molecular weight is 700 g/mol. The van der Waals surface area contributed by atoms with Crippen molar-refractivity contribution < 1.29 is 0 Å². The molecule has 3 aromatic heterocycles. The Balaban J connectivity index is 1.06. The van der Waals surface area contributed by atoms with E-state index in [-0.39, 0.29) is 0 Å². The summed E-state index contributed by atoms with van der Waals surface area (Å²) < 4.78 is 6.83. The summed E-state index contributed by atoms with van der Waals surface area (Å²) in [5, 5.41) is 27.2. The fourth-order valence-electron chi connectivity index (χ4n) is 8.71. The van der Waals surface area contributed by atoms with Gasteiger partial charge < -0.3 is 13.7 Å². The van der Waals surface area contributed by atoms with Crippen molar-refractivity contribution in [2.45, 2.75) is 0 Å². The van der Waals surface area contributed by atoms with Crippen molar-refractivity contribution in [2.75, 3.05) is 0 Å². The topological polar surface area (TPSA) is 62.4 Å². The fraction of sp³-hybridized carbons (Fsp3) is 0. The molecule has 55 heavy (non-hydrogen) atoms. The molecule has 0 atom stereocenters. The average Bonchev–Trinajstić information content (AvgIpc) is 3.88. The van der Waals surface area contributed by atoms with E-state index in [0.717, 1.165) is 71.8 Å². The van der Waals surface area contributed by atoms with E-state index in [1.54, 1.807) is 0 Å². The van der Waals surface area contributed by atoms with Crippen LogP contribution in [0.1, 0.15) is 11.1 Å². The minimum absolute atomic E-state index is 0.595. The van der Waals surface area contributed by atoms with Crippen LogP contribution in [-0.4, -0.2) is 13.7 Å². The highest BCUT2D eigenvalue weighted by molar-refractivity contribution is 6.13. The first-order valence-corrected chi connectivity index (χ1v) is 18.3. The minimum Gasteiger partial charge on any atom is -0.309 e.